The Morgan fingerprint density at radius 2 is 2.15 bits per heavy atom. The number of methoxy groups -OCH3 is 1. The average molecular weight is 379 g/mol. The molecule has 0 aliphatic heterocycles. The first-order valence-corrected chi connectivity index (χ1v) is 7.78. The van der Waals surface area contributed by atoms with Crippen molar-refractivity contribution in [2.45, 2.75) is 11.4 Å². The molecule has 0 aliphatic rings. The summed E-state index contributed by atoms with van der Waals surface area (Å²) < 4.78 is 8.01. The van der Waals surface area contributed by atoms with E-state index < -0.39 is 0 Å². The molecule has 0 aliphatic carbocycles. The van der Waals surface area contributed by atoms with E-state index in [2.05, 4.69) is 51.7 Å². The number of fused-ring (bicyclic) bond motifs is 1. The number of nitrogens with zero attached hydrogens (tertiary/aromatic N) is 3. The lowest BCUT2D eigenvalue weighted by Crippen LogP contribution is -1.95. The van der Waals surface area contributed by atoms with Crippen molar-refractivity contribution in [3.63, 3.8) is 0 Å². The van der Waals surface area contributed by atoms with E-state index in [1.54, 1.807) is 13.4 Å². The van der Waals surface area contributed by atoms with Gasteiger partial charge in [0.2, 0.25) is 0 Å². The summed E-state index contributed by atoms with van der Waals surface area (Å²) in [7, 11) is 1.68. The summed E-state index contributed by atoms with van der Waals surface area (Å²) in [6, 6.07) is 8.30. The summed E-state index contributed by atoms with van der Waals surface area (Å²) in [5, 5.41) is 4.25. The Hall–Kier alpha value is -1.63. The molecule has 0 radical (unpaired) electrons. The molecule has 5 heteroatoms. The number of aryl methyl sites for hydroxylation is 1. The van der Waals surface area contributed by atoms with Crippen LogP contribution in [0.15, 0.2) is 36.8 Å². The molecule has 1 aromatic carbocycles. The van der Waals surface area contributed by atoms with Crippen LogP contribution in [0.3, 0.4) is 0 Å². The topological polar surface area (TPSA) is 39.4 Å². The van der Waals surface area contributed by atoms with E-state index in [9.17, 15) is 0 Å². The number of halogens is 1. The molecule has 0 amide bonds. The molecule has 3 aromatic rings. The van der Waals surface area contributed by atoms with Gasteiger partial charge in [0.1, 0.15) is 12.1 Å². The van der Waals surface area contributed by atoms with Gasteiger partial charge < -0.3 is 4.74 Å². The Labute approximate surface area is 130 Å². The highest BCUT2D eigenvalue weighted by atomic mass is 127. The van der Waals surface area contributed by atoms with Gasteiger partial charge in [0, 0.05) is 21.8 Å². The Kier molecular flexibility index (Phi) is 3.60. The molecule has 0 bridgehead atoms. The van der Waals surface area contributed by atoms with Crippen molar-refractivity contribution >= 4 is 28.2 Å². The summed E-state index contributed by atoms with van der Waals surface area (Å²) in [5.74, 6) is 0.877. The Morgan fingerprint density at radius 1 is 1.30 bits per heavy atom. The zero-order valence-corrected chi connectivity index (χ0v) is 13.5. The van der Waals surface area contributed by atoms with Crippen LogP contribution in [-0.4, -0.2) is 21.7 Å². The number of rotatable bonds is 3. The second-order valence-electron chi connectivity index (χ2n) is 4.60. The standard InChI is InChI=1S/C15H14IN3O/c1-10-5-13(20-2)3-4-14(10)12-6-11(7-16)15-17-9-18-19(15)8-12/h3-6,8-9H,7H2,1-2H3. The Balaban J connectivity index is 2.18. The lowest BCUT2D eigenvalue weighted by molar-refractivity contribution is 0.414. The average Bonchev–Trinajstić information content (AvgIpc) is 2.94. The first-order valence-electron chi connectivity index (χ1n) is 6.26. The number of alkyl halides is 1. The molecule has 2 aromatic heterocycles. The molecule has 0 fully saturated rings. The van der Waals surface area contributed by atoms with Gasteiger partial charge in [0.05, 0.1) is 7.11 Å². The fraction of sp³-hybridized carbons (Fsp3) is 0.200. The molecule has 0 unspecified atom stereocenters. The minimum absolute atomic E-state index is 0.877. The molecule has 0 saturated heterocycles. The lowest BCUT2D eigenvalue weighted by Gasteiger charge is -2.10. The van der Waals surface area contributed by atoms with Crippen LogP contribution in [0.2, 0.25) is 0 Å². The fourth-order valence-electron chi connectivity index (χ4n) is 2.33. The van der Waals surface area contributed by atoms with Crippen molar-refractivity contribution in [1.82, 2.24) is 14.6 Å². The van der Waals surface area contributed by atoms with Crippen LogP contribution in [0.1, 0.15) is 11.1 Å². The number of pyridine rings is 1. The molecule has 0 atom stereocenters. The number of hydrogen-bond acceptors (Lipinski definition) is 3. The third kappa shape index (κ3) is 2.26. The minimum Gasteiger partial charge on any atom is -0.497 e. The first-order chi connectivity index (χ1) is 9.72. The van der Waals surface area contributed by atoms with E-state index in [4.69, 9.17) is 4.74 Å². The van der Waals surface area contributed by atoms with Crippen molar-refractivity contribution < 1.29 is 4.74 Å². The van der Waals surface area contributed by atoms with E-state index >= 15 is 0 Å². The summed E-state index contributed by atoms with van der Waals surface area (Å²) in [5.41, 5.74) is 5.64. The van der Waals surface area contributed by atoms with Gasteiger partial charge in [0.25, 0.3) is 0 Å². The van der Waals surface area contributed by atoms with E-state index in [-0.39, 0.29) is 0 Å². The zero-order valence-electron chi connectivity index (χ0n) is 11.3. The first kappa shape index (κ1) is 13.4. The van der Waals surface area contributed by atoms with Gasteiger partial charge >= 0.3 is 0 Å². The van der Waals surface area contributed by atoms with Crippen LogP contribution in [-0.2, 0) is 4.43 Å². The molecule has 0 saturated carbocycles. The maximum Gasteiger partial charge on any atom is 0.159 e. The van der Waals surface area contributed by atoms with Gasteiger partial charge in [-0.25, -0.2) is 9.50 Å². The summed E-state index contributed by atoms with van der Waals surface area (Å²) in [6.45, 7) is 2.09. The van der Waals surface area contributed by atoms with Gasteiger partial charge in [-0.05, 0) is 36.2 Å². The molecule has 20 heavy (non-hydrogen) atoms. The van der Waals surface area contributed by atoms with Gasteiger partial charge in [-0.3, -0.25) is 0 Å². The second-order valence-corrected chi connectivity index (χ2v) is 5.36. The zero-order chi connectivity index (χ0) is 14.1. The third-order valence-electron chi connectivity index (χ3n) is 3.34. The number of hydrogen-bond donors (Lipinski definition) is 0. The number of aromatic nitrogens is 3. The molecule has 0 spiro atoms. The summed E-state index contributed by atoms with van der Waals surface area (Å²) >= 11 is 2.35. The predicted octanol–water partition coefficient (Wildman–Crippen LogP) is 3.65. The van der Waals surface area contributed by atoms with Gasteiger partial charge in [-0.2, -0.15) is 5.10 Å². The number of ether oxygens (including phenoxy) is 1. The monoisotopic (exact) mass is 379 g/mol. The summed E-state index contributed by atoms with van der Waals surface area (Å²) in [4.78, 5) is 4.30. The lowest BCUT2D eigenvalue weighted by atomic mass is 10.0. The van der Waals surface area contributed by atoms with Crippen LogP contribution in [0.5, 0.6) is 5.75 Å². The Bertz CT molecular complexity index is 767. The molecule has 3 rings (SSSR count). The molecule has 102 valence electrons. The van der Waals surface area contributed by atoms with E-state index in [1.165, 1.54) is 16.7 Å². The highest BCUT2D eigenvalue weighted by Crippen LogP contribution is 2.28. The maximum absolute atomic E-state index is 5.26. The maximum atomic E-state index is 5.26. The molecule has 4 nitrogen and oxygen atoms in total. The molecular weight excluding hydrogens is 365 g/mol. The van der Waals surface area contributed by atoms with Gasteiger partial charge in [-0.1, -0.05) is 28.7 Å². The normalized spacial score (nSPS) is 10.9. The molecule has 0 N–H and O–H groups in total. The van der Waals surface area contributed by atoms with Crippen molar-refractivity contribution in [3.8, 4) is 16.9 Å². The minimum atomic E-state index is 0.877. The van der Waals surface area contributed by atoms with Crippen LogP contribution >= 0.6 is 22.6 Å². The van der Waals surface area contributed by atoms with Crippen molar-refractivity contribution in [3.05, 3.63) is 47.9 Å². The van der Waals surface area contributed by atoms with Crippen LogP contribution in [0.25, 0.3) is 16.8 Å². The molecule has 2 heterocycles. The van der Waals surface area contributed by atoms with E-state index in [1.807, 2.05) is 22.8 Å². The van der Waals surface area contributed by atoms with E-state index in [0.29, 0.717) is 0 Å². The quantitative estimate of drug-likeness (QED) is 0.515. The number of benzene rings is 1. The van der Waals surface area contributed by atoms with Crippen LogP contribution in [0, 0.1) is 6.92 Å². The third-order valence-corrected chi connectivity index (χ3v) is 4.16. The molecular formula is C15H14IN3O. The predicted molar refractivity (Wildman–Crippen MR) is 87.4 cm³/mol. The Morgan fingerprint density at radius 3 is 2.85 bits per heavy atom. The van der Waals surface area contributed by atoms with Crippen molar-refractivity contribution in [2.24, 2.45) is 0 Å². The van der Waals surface area contributed by atoms with Gasteiger partial charge in [-0.15, -0.1) is 0 Å². The highest BCUT2D eigenvalue weighted by Gasteiger charge is 2.09. The second kappa shape index (κ2) is 5.40. The van der Waals surface area contributed by atoms with Gasteiger partial charge in [0.15, 0.2) is 5.65 Å². The van der Waals surface area contributed by atoms with Crippen molar-refractivity contribution in [2.75, 3.05) is 7.11 Å². The smallest absolute Gasteiger partial charge is 0.159 e. The fourth-order valence-corrected chi connectivity index (χ4v) is 2.89. The van der Waals surface area contributed by atoms with Crippen molar-refractivity contribution in [1.29, 1.82) is 0 Å². The highest BCUT2D eigenvalue weighted by molar-refractivity contribution is 14.1. The van der Waals surface area contributed by atoms with E-state index in [0.717, 1.165) is 21.4 Å². The largest absolute Gasteiger partial charge is 0.497 e. The SMILES string of the molecule is COc1ccc(-c2cc(CI)c3ncnn3c2)c(C)c1. The summed E-state index contributed by atoms with van der Waals surface area (Å²) in [6.07, 6.45) is 3.61. The van der Waals surface area contributed by atoms with Crippen LogP contribution < -0.4 is 4.74 Å². The van der Waals surface area contributed by atoms with Crippen LogP contribution in [0.4, 0.5) is 0 Å².